The maximum absolute atomic E-state index is 5.88. The molecule has 2 atom stereocenters. The first-order valence-corrected chi connectivity index (χ1v) is 7.07. The Hall–Kier alpha value is -0.860. The van der Waals surface area contributed by atoms with Crippen molar-refractivity contribution >= 4 is 0 Å². The van der Waals surface area contributed by atoms with Gasteiger partial charge in [0, 0.05) is 12.6 Å². The maximum atomic E-state index is 5.88. The van der Waals surface area contributed by atoms with Crippen LogP contribution >= 0.6 is 0 Å². The van der Waals surface area contributed by atoms with Gasteiger partial charge in [0.1, 0.15) is 0 Å². The molecule has 1 saturated carbocycles. The molecule has 0 aromatic heterocycles. The first-order chi connectivity index (χ1) is 8.60. The molecule has 2 nitrogen and oxygen atoms in total. The lowest BCUT2D eigenvalue weighted by Crippen LogP contribution is -2.37. The smallest absolute Gasteiger partial charge is 0.0233 e. The topological polar surface area (TPSA) is 29.3 Å². The van der Waals surface area contributed by atoms with Crippen LogP contribution in [0.2, 0.25) is 0 Å². The molecule has 18 heavy (non-hydrogen) atoms. The van der Waals surface area contributed by atoms with Gasteiger partial charge in [0.25, 0.3) is 0 Å². The number of rotatable bonds is 4. The molecule has 0 bridgehead atoms. The molecule has 0 radical (unpaired) electrons. The summed E-state index contributed by atoms with van der Waals surface area (Å²) in [6.07, 6.45) is 3.95. The molecule has 1 aliphatic carbocycles. The van der Waals surface area contributed by atoms with E-state index in [1.807, 2.05) is 0 Å². The number of hydrogen-bond donors (Lipinski definition) is 1. The van der Waals surface area contributed by atoms with Crippen LogP contribution in [0.3, 0.4) is 0 Å². The highest BCUT2D eigenvalue weighted by Gasteiger charge is 2.29. The summed E-state index contributed by atoms with van der Waals surface area (Å²) in [7, 11) is 2.25. The molecule has 100 valence electrons. The van der Waals surface area contributed by atoms with Crippen LogP contribution in [0.15, 0.2) is 18.2 Å². The van der Waals surface area contributed by atoms with Crippen LogP contribution in [0.5, 0.6) is 0 Å². The van der Waals surface area contributed by atoms with Gasteiger partial charge >= 0.3 is 0 Å². The van der Waals surface area contributed by atoms with E-state index < -0.39 is 0 Å². The third-order valence-electron chi connectivity index (χ3n) is 4.20. The lowest BCUT2D eigenvalue weighted by atomic mass is 10.0. The Morgan fingerprint density at radius 1 is 1.17 bits per heavy atom. The van der Waals surface area contributed by atoms with Crippen LogP contribution in [0, 0.1) is 19.8 Å². The number of nitrogens with zero attached hydrogens (tertiary/aromatic N) is 1. The molecule has 0 amide bonds. The summed E-state index contributed by atoms with van der Waals surface area (Å²) in [5, 5.41) is 0. The zero-order valence-electron chi connectivity index (χ0n) is 11.9. The average molecular weight is 246 g/mol. The fourth-order valence-corrected chi connectivity index (χ4v) is 3.44. The predicted molar refractivity (Wildman–Crippen MR) is 77.6 cm³/mol. The zero-order valence-corrected chi connectivity index (χ0v) is 11.9. The molecular formula is C16H26N2. The Labute approximate surface area is 111 Å². The molecule has 2 N–H and O–H groups in total. The molecule has 1 fully saturated rings. The highest BCUT2D eigenvalue weighted by Crippen LogP contribution is 2.29. The fraction of sp³-hybridized carbons (Fsp3) is 0.625. The molecule has 2 unspecified atom stereocenters. The Bertz CT molecular complexity index is 380. The molecule has 1 aromatic rings. The minimum Gasteiger partial charge on any atom is -0.330 e. The van der Waals surface area contributed by atoms with Gasteiger partial charge in [-0.1, -0.05) is 35.7 Å². The standard InChI is InChI=1S/C16H26N2/c1-12-7-13(2)9-14(8-12)11-18(3)16-6-4-5-15(16)10-17/h7-9,15-16H,4-6,10-11,17H2,1-3H3. The number of nitrogens with two attached hydrogens (primary N) is 1. The first kappa shape index (κ1) is 13.6. The lowest BCUT2D eigenvalue weighted by Gasteiger charge is -2.29. The van der Waals surface area contributed by atoms with Crippen LogP contribution in [-0.4, -0.2) is 24.5 Å². The first-order valence-electron chi connectivity index (χ1n) is 7.07. The highest BCUT2D eigenvalue weighted by atomic mass is 15.1. The van der Waals surface area contributed by atoms with Crippen molar-refractivity contribution in [2.45, 2.75) is 45.7 Å². The van der Waals surface area contributed by atoms with E-state index in [9.17, 15) is 0 Å². The van der Waals surface area contributed by atoms with Crippen molar-refractivity contribution in [3.8, 4) is 0 Å². The summed E-state index contributed by atoms with van der Waals surface area (Å²) in [5.74, 6) is 0.695. The number of benzene rings is 1. The number of hydrogen-bond acceptors (Lipinski definition) is 2. The van der Waals surface area contributed by atoms with Crippen molar-refractivity contribution in [3.05, 3.63) is 34.9 Å². The monoisotopic (exact) mass is 246 g/mol. The van der Waals surface area contributed by atoms with Crippen LogP contribution < -0.4 is 5.73 Å². The van der Waals surface area contributed by atoms with Crippen LogP contribution in [-0.2, 0) is 6.54 Å². The minimum atomic E-state index is 0.677. The lowest BCUT2D eigenvalue weighted by molar-refractivity contribution is 0.193. The van der Waals surface area contributed by atoms with Crippen molar-refractivity contribution in [2.24, 2.45) is 11.7 Å². The summed E-state index contributed by atoms with van der Waals surface area (Å²) in [6.45, 7) is 6.23. The molecular weight excluding hydrogens is 220 g/mol. The van der Waals surface area contributed by atoms with Crippen LogP contribution in [0.25, 0.3) is 0 Å². The second-order valence-corrected chi connectivity index (χ2v) is 5.91. The Kier molecular flexibility index (Phi) is 4.41. The highest BCUT2D eigenvalue weighted by molar-refractivity contribution is 5.28. The Morgan fingerprint density at radius 2 is 1.83 bits per heavy atom. The van der Waals surface area contributed by atoms with E-state index >= 15 is 0 Å². The average Bonchev–Trinajstić information content (AvgIpc) is 2.75. The van der Waals surface area contributed by atoms with Crippen molar-refractivity contribution in [2.75, 3.05) is 13.6 Å². The van der Waals surface area contributed by atoms with Crippen LogP contribution in [0.1, 0.15) is 36.0 Å². The summed E-state index contributed by atoms with van der Waals surface area (Å²) >= 11 is 0. The molecule has 0 spiro atoms. The van der Waals surface area contributed by atoms with Crippen molar-refractivity contribution in [1.29, 1.82) is 0 Å². The fourth-order valence-electron chi connectivity index (χ4n) is 3.44. The normalized spacial score (nSPS) is 23.8. The molecule has 0 aliphatic heterocycles. The summed E-state index contributed by atoms with van der Waals surface area (Å²) < 4.78 is 0. The predicted octanol–water partition coefficient (Wildman–Crippen LogP) is 2.86. The van der Waals surface area contributed by atoms with E-state index in [2.05, 4.69) is 44.0 Å². The Balaban J connectivity index is 2.04. The second-order valence-electron chi connectivity index (χ2n) is 5.91. The molecule has 0 saturated heterocycles. The largest absolute Gasteiger partial charge is 0.330 e. The van der Waals surface area contributed by atoms with Crippen molar-refractivity contribution in [3.63, 3.8) is 0 Å². The van der Waals surface area contributed by atoms with Gasteiger partial charge in [-0.15, -0.1) is 0 Å². The van der Waals surface area contributed by atoms with Crippen LogP contribution in [0.4, 0.5) is 0 Å². The van der Waals surface area contributed by atoms with Gasteiger partial charge in [0.2, 0.25) is 0 Å². The number of aryl methyl sites for hydroxylation is 2. The van der Waals surface area contributed by atoms with Crippen molar-refractivity contribution in [1.82, 2.24) is 4.90 Å². The SMILES string of the molecule is Cc1cc(C)cc(CN(C)C2CCCC2CN)c1. The van der Waals surface area contributed by atoms with Gasteiger partial charge in [-0.3, -0.25) is 4.90 Å². The zero-order chi connectivity index (χ0) is 13.1. The van der Waals surface area contributed by atoms with Gasteiger partial charge in [-0.05, 0) is 51.8 Å². The van der Waals surface area contributed by atoms with Gasteiger partial charge in [-0.2, -0.15) is 0 Å². The van der Waals surface area contributed by atoms with E-state index in [-0.39, 0.29) is 0 Å². The third-order valence-corrected chi connectivity index (χ3v) is 4.20. The molecule has 1 aliphatic rings. The van der Waals surface area contributed by atoms with Gasteiger partial charge < -0.3 is 5.73 Å². The van der Waals surface area contributed by atoms with Gasteiger partial charge in [0.05, 0.1) is 0 Å². The van der Waals surface area contributed by atoms with E-state index in [1.165, 1.54) is 36.0 Å². The quantitative estimate of drug-likeness (QED) is 0.885. The van der Waals surface area contributed by atoms with E-state index in [0.717, 1.165) is 13.1 Å². The second kappa shape index (κ2) is 5.85. The molecule has 1 aromatic carbocycles. The molecule has 2 heteroatoms. The molecule has 0 heterocycles. The minimum absolute atomic E-state index is 0.677. The van der Waals surface area contributed by atoms with Crippen molar-refractivity contribution < 1.29 is 0 Å². The maximum Gasteiger partial charge on any atom is 0.0233 e. The summed E-state index contributed by atoms with van der Waals surface area (Å²) in [6, 6.07) is 7.52. The van der Waals surface area contributed by atoms with Gasteiger partial charge in [0.15, 0.2) is 0 Å². The third kappa shape index (κ3) is 3.12. The molecule has 2 rings (SSSR count). The summed E-state index contributed by atoms with van der Waals surface area (Å²) in [5.41, 5.74) is 10.0. The van der Waals surface area contributed by atoms with E-state index in [0.29, 0.717) is 12.0 Å². The summed E-state index contributed by atoms with van der Waals surface area (Å²) in [4.78, 5) is 2.50. The van der Waals surface area contributed by atoms with Gasteiger partial charge in [-0.25, -0.2) is 0 Å². The Morgan fingerprint density at radius 3 is 2.44 bits per heavy atom. The van der Waals surface area contributed by atoms with E-state index in [1.54, 1.807) is 0 Å². The van der Waals surface area contributed by atoms with E-state index in [4.69, 9.17) is 5.73 Å².